The number of rotatable bonds is 4. The lowest BCUT2D eigenvalue weighted by Gasteiger charge is -2.08. The van der Waals surface area contributed by atoms with E-state index >= 15 is 0 Å². The summed E-state index contributed by atoms with van der Waals surface area (Å²) in [5, 5.41) is 17.6. The van der Waals surface area contributed by atoms with Crippen LogP contribution in [0.2, 0.25) is 0 Å². The van der Waals surface area contributed by atoms with Gasteiger partial charge in [-0.1, -0.05) is 12.1 Å². The smallest absolute Gasteiger partial charge is 0.243 e. The Morgan fingerprint density at radius 3 is 3.05 bits per heavy atom. The number of thiazole rings is 1. The Bertz CT molecular complexity index is 674. The molecule has 0 aliphatic carbocycles. The molecule has 3 rings (SSSR count). The number of carbonyl (C=O) groups excluding carboxylic acids is 1. The van der Waals surface area contributed by atoms with E-state index in [1.54, 1.807) is 7.11 Å². The van der Waals surface area contributed by atoms with E-state index < -0.39 is 6.10 Å². The van der Waals surface area contributed by atoms with Gasteiger partial charge in [0.2, 0.25) is 5.91 Å². The van der Waals surface area contributed by atoms with E-state index in [1.165, 1.54) is 11.3 Å². The summed E-state index contributed by atoms with van der Waals surface area (Å²) in [6.45, 7) is 0.447. The van der Waals surface area contributed by atoms with Crippen LogP contribution < -0.4 is 15.4 Å². The number of nitrogens with one attached hydrogen (secondary N) is 2. The molecule has 1 aromatic carbocycles. The maximum atomic E-state index is 12.1. The molecular formula is C15H17N3O3S. The Balaban J connectivity index is 1.72. The molecule has 1 aromatic heterocycles. The maximum absolute atomic E-state index is 12.1. The lowest BCUT2D eigenvalue weighted by atomic mass is 10.1. The van der Waals surface area contributed by atoms with Gasteiger partial charge in [-0.25, -0.2) is 4.98 Å². The number of para-hydroxylation sites is 1. The summed E-state index contributed by atoms with van der Waals surface area (Å²) in [5.74, 6) is 0.573. The number of nitrogens with zero attached hydrogens (tertiary/aromatic N) is 1. The largest absolute Gasteiger partial charge is 0.496 e. The molecule has 2 heterocycles. The van der Waals surface area contributed by atoms with Crippen molar-refractivity contribution in [3.63, 3.8) is 0 Å². The third-order valence-corrected chi connectivity index (χ3v) is 4.30. The second kappa shape index (κ2) is 6.43. The van der Waals surface area contributed by atoms with Gasteiger partial charge >= 0.3 is 0 Å². The van der Waals surface area contributed by atoms with Crippen LogP contribution in [-0.4, -0.2) is 41.8 Å². The molecule has 22 heavy (non-hydrogen) atoms. The number of ether oxygens (including phenoxy) is 1. The average molecular weight is 319 g/mol. The van der Waals surface area contributed by atoms with E-state index in [-0.39, 0.29) is 11.9 Å². The fourth-order valence-corrected chi connectivity index (χ4v) is 3.13. The molecule has 0 spiro atoms. The molecule has 0 radical (unpaired) electrons. The SMILES string of the molecule is COc1ccccc1-c1csc(NC(=O)[C@@H]2C[C@@H](O)CN2)n1. The van der Waals surface area contributed by atoms with Gasteiger partial charge in [-0.2, -0.15) is 0 Å². The van der Waals surface area contributed by atoms with Crippen LogP contribution in [0.1, 0.15) is 6.42 Å². The van der Waals surface area contributed by atoms with Crippen LogP contribution in [0.4, 0.5) is 5.13 Å². The van der Waals surface area contributed by atoms with Gasteiger partial charge in [0.15, 0.2) is 5.13 Å². The highest BCUT2D eigenvalue weighted by Crippen LogP contribution is 2.31. The summed E-state index contributed by atoms with van der Waals surface area (Å²) >= 11 is 1.36. The van der Waals surface area contributed by atoms with Crippen LogP contribution in [0.25, 0.3) is 11.3 Å². The molecule has 1 amide bonds. The van der Waals surface area contributed by atoms with Crippen LogP contribution in [0.3, 0.4) is 0 Å². The number of aromatic nitrogens is 1. The molecule has 0 saturated carbocycles. The standard InChI is InChI=1S/C15H17N3O3S/c1-21-13-5-3-2-4-10(13)12-8-22-15(17-12)18-14(20)11-6-9(19)7-16-11/h2-5,8-9,11,16,19H,6-7H2,1H3,(H,17,18,20)/t9-,11+/m1/s1. The molecule has 0 bridgehead atoms. The first-order valence-corrected chi connectivity index (χ1v) is 7.86. The van der Waals surface area contributed by atoms with Crippen molar-refractivity contribution >= 4 is 22.4 Å². The quantitative estimate of drug-likeness (QED) is 0.795. The van der Waals surface area contributed by atoms with Crippen LogP contribution in [0, 0.1) is 0 Å². The van der Waals surface area contributed by atoms with Crippen molar-refractivity contribution in [2.45, 2.75) is 18.6 Å². The predicted octanol–water partition coefficient (Wildman–Crippen LogP) is 1.48. The number of hydrogen-bond acceptors (Lipinski definition) is 6. The van der Waals surface area contributed by atoms with E-state index in [2.05, 4.69) is 15.6 Å². The molecule has 1 aliphatic rings. The van der Waals surface area contributed by atoms with Crippen molar-refractivity contribution in [2.75, 3.05) is 19.0 Å². The van der Waals surface area contributed by atoms with Gasteiger partial charge in [0, 0.05) is 17.5 Å². The molecule has 3 N–H and O–H groups in total. The van der Waals surface area contributed by atoms with Crippen molar-refractivity contribution in [2.24, 2.45) is 0 Å². The molecular weight excluding hydrogens is 302 g/mol. The monoisotopic (exact) mass is 319 g/mol. The van der Waals surface area contributed by atoms with Gasteiger partial charge in [-0.3, -0.25) is 4.79 Å². The summed E-state index contributed by atoms with van der Waals surface area (Å²) < 4.78 is 5.32. The van der Waals surface area contributed by atoms with E-state index in [0.29, 0.717) is 18.1 Å². The average Bonchev–Trinajstić information content (AvgIpc) is 3.16. The van der Waals surface area contributed by atoms with Gasteiger partial charge in [0.1, 0.15) is 5.75 Å². The van der Waals surface area contributed by atoms with Gasteiger partial charge in [0.05, 0.1) is 24.9 Å². The molecule has 2 atom stereocenters. The maximum Gasteiger partial charge on any atom is 0.243 e. The second-order valence-electron chi connectivity index (χ2n) is 5.08. The zero-order valence-corrected chi connectivity index (χ0v) is 12.9. The molecule has 116 valence electrons. The third kappa shape index (κ3) is 3.11. The van der Waals surface area contributed by atoms with Gasteiger partial charge in [-0.15, -0.1) is 11.3 Å². The first-order valence-electron chi connectivity index (χ1n) is 6.98. The third-order valence-electron chi connectivity index (χ3n) is 3.54. The van der Waals surface area contributed by atoms with Crippen LogP contribution in [0.15, 0.2) is 29.6 Å². The minimum atomic E-state index is -0.462. The van der Waals surface area contributed by atoms with E-state index in [9.17, 15) is 9.90 Å². The minimum absolute atomic E-state index is 0.169. The Hall–Kier alpha value is -1.96. The van der Waals surface area contributed by atoms with Gasteiger partial charge in [0.25, 0.3) is 0 Å². The molecule has 7 heteroatoms. The van der Waals surface area contributed by atoms with Crippen molar-refractivity contribution in [3.05, 3.63) is 29.6 Å². The Morgan fingerprint density at radius 2 is 2.32 bits per heavy atom. The second-order valence-corrected chi connectivity index (χ2v) is 5.94. The molecule has 1 saturated heterocycles. The number of benzene rings is 1. The number of carbonyl (C=O) groups is 1. The highest BCUT2D eigenvalue weighted by Gasteiger charge is 2.28. The molecule has 1 fully saturated rings. The normalized spacial score (nSPS) is 20.8. The van der Waals surface area contributed by atoms with Crippen molar-refractivity contribution in [3.8, 4) is 17.0 Å². The van der Waals surface area contributed by atoms with Gasteiger partial charge < -0.3 is 20.5 Å². The summed E-state index contributed by atoms with van der Waals surface area (Å²) in [6, 6.07) is 7.24. The fourth-order valence-electron chi connectivity index (χ4n) is 2.42. The minimum Gasteiger partial charge on any atom is -0.496 e. The first-order chi connectivity index (χ1) is 10.7. The zero-order chi connectivity index (χ0) is 15.5. The predicted molar refractivity (Wildman–Crippen MR) is 85.1 cm³/mol. The lowest BCUT2D eigenvalue weighted by Crippen LogP contribution is -2.35. The first kappa shape index (κ1) is 15.0. The number of aliphatic hydroxyl groups is 1. The highest BCUT2D eigenvalue weighted by atomic mass is 32.1. The lowest BCUT2D eigenvalue weighted by molar-refractivity contribution is -0.117. The summed E-state index contributed by atoms with van der Waals surface area (Å²) in [7, 11) is 1.62. The Labute approximate surface area is 132 Å². The van der Waals surface area contributed by atoms with E-state index in [1.807, 2.05) is 29.6 Å². The molecule has 2 aromatic rings. The van der Waals surface area contributed by atoms with Gasteiger partial charge in [-0.05, 0) is 18.6 Å². The summed E-state index contributed by atoms with van der Waals surface area (Å²) in [5.41, 5.74) is 1.65. The topological polar surface area (TPSA) is 83.5 Å². The zero-order valence-electron chi connectivity index (χ0n) is 12.1. The number of methoxy groups -OCH3 is 1. The van der Waals surface area contributed by atoms with Crippen molar-refractivity contribution in [1.82, 2.24) is 10.3 Å². The molecule has 0 unspecified atom stereocenters. The fraction of sp³-hybridized carbons (Fsp3) is 0.333. The number of amides is 1. The molecule has 6 nitrogen and oxygen atoms in total. The Kier molecular flexibility index (Phi) is 4.37. The van der Waals surface area contributed by atoms with E-state index in [0.717, 1.165) is 17.0 Å². The number of aliphatic hydroxyl groups excluding tert-OH is 1. The van der Waals surface area contributed by atoms with E-state index in [4.69, 9.17) is 4.74 Å². The van der Waals surface area contributed by atoms with Crippen molar-refractivity contribution in [1.29, 1.82) is 0 Å². The summed E-state index contributed by atoms with van der Waals surface area (Å²) in [6.07, 6.45) is -0.0347. The number of hydrogen-bond donors (Lipinski definition) is 3. The summed E-state index contributed by atoms with van der Waals surface area (Å²) in [4.78, 5) is 16.5. The van der Waals surface area contributed by atoms with Crippen molar-refractivity contribution < 1.29 is 14.6 Å². The van der Waals surface area contributed by atoms with Crippen LogP contribution in [0.5, 0.6) is 5.75 Å². The van der Waals surface area contributed by atoms with Crippen LogP contribution >= 0.6 is 11.3 Å². The van der Waals surface area contributed by atoms with Crippen LogP contribution in [-0.2, 0) is 4.79 Å². The number of anilines is 1. The number of β-amino-alcohol motifs (C(OH)–C–C–N with tert-alkyl or cyclic N) is 1. The Morgan fingerprint density at radius 1 is 1.50 bits per heavy atom. The highest BCUT2D eigenvalue weighted by molar-refractivity contribution is 7.14. The molecule has 1 aliphatic heterocycles.